The quantitative estimate of drug-likeness (QED) is 0.412. The Balaban J connectivity index is 2.56. The van der Waals surface area contributed by atoms with E-state index in [4.69, 9.17) is 11.5 Å². The van der Waals surface area contributed by atoms with E-state index in [1.165, 1.54) is 19.3 Å². The van der Waals surface area contributed by atoms with Crippen LogP contribution in [0.2, 0.25) is 0 Å². The van der Waals surface area contributed by atoms with Gasteiger partial charge in [-0.2, -0.15) is 0 Å². The van der Waals surface area contributed by atoms with Crippen molar-refractivity contribution in [2.45, 2.75) is 45.2 Å². The van der Waals surface area contributed by atoms with Crippen molar-refractivity contribution in [2.24, 2.45) is 23.3 Å². The van der Waals surface area contributed by atoms with E-state index in [9.17, 15) is 0 Å². The second-order valence-electron chi connectivity index (χ2n) is 4.23. The molecular weight excluding hydrogens is 136 g/mol. The van der Waals surface area contributed by atoms with Gasteiger partial charge in [-0.05, 0) is 31.1 Å². The molecule has 0 saturated heterocycles. The predicted molar refractivity (Wildman–Crippen MR) is 47.9 cm³/mol. The number of hydrogen-bond acceptors (Lipinski definition) is 2. The minimum absolute atomic E-state index is 0.398. The first-order valence-electron chi connectivity index (χ1n) is 4.60. The van der Waals surface area contributed by atoms with Gasteiger partial charge >= 0.3 is 0 Å². The van der Waals surface area contributed by atoms with Crippen molar-refractivity contribution in [1.29, 1.82) is 0 Å². The molecule has 0 aromatic carbocycles. The molecule has 0 amide bonds. The summed E-state index contributed by atoms with van der Waals surface area (Å²) in [5, 5.41) is 0. The molecule has 0 radical (unpaired) electrons. The standard InChI is InChI=1S/C9H20N2/c1-7-3-4-8(2)9(10,11)6-5-7/h7-8H,3-6,10-11H2,1-2H3. The summed E-state index contributed by atoms with van der Waals surface area (Å²) in [4.78, 5) is 0. The Kier molecular flexibility index (Phi) is 2.55. The minimum Gasteiger partial charge on any atom is -0.313 e. The van der Waals surface area contributed by atoms with Gasteiger partial charge in [-0.1, -0.05) is 20.3 Å². The van der Waals surface area contributed by atoms with Crippen LogP contribution in [0.5, 0.6) is 0 Å². The van der Waals surface area contributed by atoms with Crippen LogP contribution in [0.25, 0.3) is 0 Å². The smallest absolute Gasteiger partial charge is 0.0663 e. The molecule has 0 aromatic rings. The lowest BCUT2D eigenvalue weighted by Gasteiger charge is -2.29. The average Bonchev–Trinajstić information content (AvgIpc) is 2.03. The molecule has 66 valence electrons. The van der Waals surface area contributed by atoms with Crippen molar-refractivity contribution < 1.29 is 0 Å². The maximum absolute atomic E-state index is 5.96. The molecule has 0 heterocycles. The van der Waals surface area contributed by atoms with Crippen molar-refractivity contribution in [1.82, 2.24) is 0 Å². The molecule has 0 bridgehead atoms. The monoisotopic (exact) mass is 156 g/mol. The van der Waals surface area contributed by atoms with Crippen LogP contribution in [-0.4, -0.2) is 5.66 Å². The molecule has 0 aliphatic heterocycles. The summed E-state index contributed by atoms with van der Waals surface area (Å²) in [6.07, 6.45) is 4.65. The van der Waals surface area contributed by atoms with Crippen LogP contribution in [-0.2, 0) is 0 Å². The molecule has 1 aliphatic rings. The third-order valence-corrected chi connectivity index (χ3v) is 3.08. The first kappa shape index (κ1) is 9.01. The topological polar surface area (TPSA) is 52.0 Å². The largest absolute Gasteiger partial charge is 0.313 e. The highest BCUT2D eigenvalue weighted by Crippen LogP contribution is 2.29. The number of hydrogen-bond donors (Lipinski definition) is 2. The van der Waals surface area contributed by atoms with Gasteiger partial charge in [0.25, 0.3) is 0 Å². The second-order valence-corrected chi connectivity index (χ2v) is 4.23. The van der Waals surface area contributed by atoms with Gasteiger partial charge in [0.15, 0.2) is 0 Å². The maximum Gasteiger partial charge on any atom is 0.0663 e. The summed E-state index contributed by atoms with van der Waals surface area (Å²) in [6.45, 7) is 4.45. The van der Waals surface area contributed by atoms with Crippen LogP contribution >= 0.6 is 0 Å². The van der Waals surface area contributed by atoms with Crippen LogP contribution in [0.1, 0.15) is 39.5 Å². The van der Waals surface area contributed by atoms with Gasteiger partial charge in [-0.15, -0.1) is 0 Å². The fourth-order valence-electron chi connectivity index (χ4n) is 1.69. The summed E-state index contributed by atoms with van der Waals surface area (Å²) in [5.74, 6) is 1.29. The molecule has 1 aliphatic carbocycles. The Hall–Kier alpha value is -0.0800. The molecule has 0 spiro atoms. The van der Waals surface area contributed by atoms with Crippen LogP contribution in [0.3, 0.4) is 0 Å². The van der Waals surface area contributed by atoms with Crippen molar-refractivity contribution in [2.75, 3.05) is 0 Å². The zero-order valence-electron chi connectivity index (χ0n) is 7.64. The van der Waals surface area contributed by atoms with E-state index in [2.05, 4.69) is 13.8 Å². The van der Waals surface area contributed by atoms with E-state index in [0.29, 0.717) is 5.92 Å². The van der Waals surface area contributed by atoms with Crippen LogP contribution < -0.4 is 11.5 Å². The predicted octanol–water partition coefficient (Wildman–Crippen LogP) is 1.45. The molecule has 11 heavy (non-hydrogen) atoms. The molecule has 1 saturated carbocycles. The highest BCUT2D eigenvalue weighted by atomic mass is 15.0. The van der Waals surface area contributed by atoms with Gasteiger partial charge in [-0.3, -0.25) is 0 Å². The minimum atomic E-state index is -0.398. The Morgan fingerprint density at radius 2 is 1.73 bits per heavy atom. The molecule has 2 heteroatoms. The highest BCUT2D eigenvalue weighted by molar-refractivity contribution is 4.86. The van der Waals surface area contributed by atoms with Gasteiger partial charge in [0.1, 0.15) is 0 Å². The van der Waals surface area contributed by atoms with E-state index in [-0.39, 0.29) is 0 Å². The first-order chi connectivity index (χ1) is 5.02. The van der Waals surface area contributed by atoms with Gasteiger partial charge in [-0.25, -0.2) is 0 Å². The molecule has 4 N–H and O–H groups in total. The van der Waals surface area contributed by atoms with Crippen molar-refractivity contribution >= 4 is 0 Å². The van der Waals surface area contributed by atoms with Gasteiger partial charge < -0.3 is 11.5 Å². The maximum atomic E-state index is 5.96. The summed E-state index contributed by atoms with van der Waals surface area (Å²) in [5.41, 5.74) is 11.5. The van der Waals surface area contributed by atoms with Crippen molar-refractivity contribution in [3.63, 3.8) is 0 Å². The summed E-state index contributed by atoms with van der Waals surface area (Å²) in [6, 6.07) is 0. The van der Waals surface area contributed by atoms with Crippen molar-refractivity contribution in [3.8, 4) is 0 Å². The zero-order valence-corrected chi connectivity index (χ0v) is 7.64. The second kappa shape index (κ2) is 3.11. The lowest BCUT2D eigenvalue weighted by atomic mass is 9.91. The fourth-order valence-corrected chi connectivity index (χ4v) is 1.69. The highest BCUT2D eigenvalue weighted by Gasteiger charge is 2.30. The molecule has 2 atom stereocenters. The summed E-state index contributed by atoms with van der Waals surface area (Å²) >= 11 is 0. The SMILES string of the molecule is CC1CCC(C)C(N)(N)CC1. The Labute approximate surface area is 69.3 Å². The van der Waals surface area contributed by atoms with Crippen LogP contribution in [0.15, 0.2) is 0 Å². The lowest BCUT2D eigenvalue weighted by Crippen LogP contribution is -2.54. The van der Waals surface area contributed by atoms with Gasteiger partial charge in [0.2, 0.25) is 0 Å². The molecular formula is C9H20N2. The first-order valence-corrected chi connectivity index (χ1v) is 4.60. The van der Waals surface area contributed by atoms with E-state index in [0.717, 1.165) is 12.3 Å². The summed E-state index contributed by atoms with van der Waals surface area (Å²) < 4.78 is 0. The fraction of sp³-hybridized carbons (Fsp3) is 1.00. The Bertz CT molecular complexity index is 132. The average molecular weight is 156 g/mol. The summed E-state index contributed by atoms with van der Waals surface area (Å²) in [7, 11) is 0. The number of rotatable bonds is 0. The molecule has 1 fully saturated rings. The van der Waals surface area contributed by atoms with Crippen LogP contribution in [0, 0.1) is 11.8 Å². The van der Waals surface area contributed by atoms with E-state index in [1.54, 1.807) is 0 Å². The molecule has 0 aromatic heterocycles. The molecule has 1 rings (SSSR count). The van der Waals surface area contributed by atoms with E-state index in [1.807, 2.05) is 0 Å². The lowest BCUT2D eigenvalue weighted by molar-refractivity contribution is 0.281. The normalized spacial score (nSPS) is 38.2. The van der Waals surface area contributed by atoms with E-state index < -0.39 is 5.66 Å². The Morgan fingerprint density at radius 1 is 1.09 bits per heavy atom. The molecule has 2 nitrogen and oxygen atoms in total. The number of nitrogens with two attached hydrogens (primary N) is 2. The van der Waals surface area contributed by atoms with Gasteiger partial charge in [0, 0.05) is 0 Å². The third kappa shape index (κ3) is 2.17. The van der Waals surface area contributed by atoms with Gasteiger partial charge in [0.05, 0.1) is 5.66 Å². The molecule has 2 unspecified atom stereocenters. The Morgan fingerprint density at radius 3 is 2.36 bits per heavy atom. The zero-order chi connectivity index (χ0) is 8.48. The van der Waals surface area contributed by atoms with Crippen molar-refractivity contribution in [3.05, 3.63) is 0 Å². The third-order valence-electron chi connectivity index (χ3n) is 3.08. The van der Waals surface area contributed by atoms with E-state index >= 15 is 0 Å². The van der Waals surface area contributed by atoms with Crippen LogP contribution in [0.4, 0.5) is 0 Å².